The summed E-state index contributed by atoms with van der Waals surface area (Å²) in [4.78, 5) is 91.5. The second-order valence-electron chi connectivity index (χ2n) is 25.8. The first kappa shape index (κ1) is 96.0. The summed E-state index contributed by atoms with van der Waals surface area (Å²) in [6, 6.07) is 0. The van der Waals surface area contributed by atoms with E-state index in [2.05, 4.69) is 0 Å². The summed E-state index contributed by atoms with van der Waals surface area (Å²) in [5.74, 6) is -6.59. The lowest BCUT2D eigenvalue weighted by Crippen LogP contribution is -2.58. The molecular formula is C67H118O36. The minimum absolute atomic E-state index is 0.143. The van der Waals surface area contributed by atoms with E-state index in [1.165, 1.54) is 27.7 Å². The van der Waals surface area contributed by atoms with E-state index in [1.54, 1.807) is 34.6 Å². The Hall–Kier alpha value is -5.04. The Morgan fingerprint density at radius 1 is 0.262 bits per heavy atom. The number of carbonyl (C=O) groups excluding carboxylic acids is 4. The minimum Gasteiger partial charge on any atom is -0.481 e. The molecule has 28 atom stereocenters. The van der Waals surface area contributed by atoms with Crippen LogP contribution in [0, 0.1) is 0 Å². The Bertz CT molecular complexity index is 2260. The van der Waals surface area contributed by atoms with Crippen LogP contribution in [0.5, 0.6) is 0 Å². The summed E-state index contributed by atoms with van der Waals surface area (Å²) in [5.41, 5.74) is 0. The number of aliphatic hydroxyl groups is 12. The molecule has 4 aliphatic heterocycles. The summed E-state index contributed by atoms with van der Waals surface area (Å²) < 4.78 is 64.5. The summed E-state index contributed by atoms with van der Waals surface area (Å²) in [6.45, 7) is 20.5. The fourth-order valence-corrected chi connectivity index (χ4v) is 10.7. The standard InChI is InChI=1S/3C17H30O9.C16H28O9/c3*1-4-6-11(7-12(18)19)25-13(20)8-10(5-2)26-17-16(23)15(22)14(21)9(3)24-17;1-4-9(6-11(17)18)24-12(19)7-10(5-2)25-16-15(22)14(21)13(20)8(3)23-16/h3*9-11,14-17,21-23H,4-8H2,1-3H3,(H,18,19);8-10,13-16,20-22H,4-7H2,1-3H3,(H,17,18)/t9?,10?,11?,14-,15-,16?,17-;9?,10-,11+,14+,15+,16?,17+;9?,10-,11-,14+,15+,16?,17+;8?,9?,10?,13-,14-,15?,16-/m0110/s1. The van der Waals surface area contributed by atoms with Gasteiger partial charge in [0.1, 0.15) is 97.7 Å². The van der Waals surface area contributed by atoms with Gasteiger partial charge < -0.3 is 139 Å². The summed E-state index contributed by atoms with van der Waals surface area (Å²) in [6.07, 6.45) is -25.8. The number of aliphatic hydroxyl groups excluding tert-OH is 12. The molecule has 4 heterocycles. The highest BCUT2D eigenvalue weighted by Gasteiger charge is 2.47. The molecule has 0 saturated carbocycles. The largest absolute Gasteiger partial charge is 0.481 e. The molecule has 0 aromatic heterocycles. The molecule has 0 aromatic rings. The Morgan fingerprint density at radius 3 is 0.602 bits per heavy atom. The number of ether oxygens (including phenoxy) is 12. The highest BCUT2D eigenvalue weighted by Crippen LogP contribution is 2.29. The molecule has 16 N–H and O–H groups in total. The van der Waals surface area contributed by atoms with Gasteiger partial charge in [0, 0.05) is 0 Å². The predicted molar refractivity (Wildman–Crippen MR) is 352 cm³/mol. The van der Waals surface area contributed by atoms with E-state index in [0.29, 0.717) is 70.6 Å². The average molecular weight is 1500 g/mol. The molecule has 12 unspecified atom stereocenters. The van der Waals surface area contributed by atoms with Crippen LogP contribution < -0.4 is 0 Å². The number of carboxylic acid groups (broad SMARTS) is 4. The number of hydrogen-bond donors (Lipinski definition) is 16. The molecular weight excluding hydrogens is 1380 g/mol. The highest BCUT2D eigenvalue weighted by atomic mass is 16.7. The number of esters is 4. The van der Waals surface area contributed by atoms with Gasteiger partial charge in [-0.05, 0) is 79.1 Å². The summed E-state index contributed by atoms with van der Waals surface area (Å²) in [5, 5.41) is 153. The van der Waals surface area contributed by atoms with Crippen molar-refractivity contribution in [1.82, 2.24) is 0 Å². The van der Waals surface area contributed by atoms with E-state index in [9.17, 15) is 99.6 Å². The highest BCUT2D eigenvalue weighted by molar-refractivity contribution is 5.74. The van der Waals surface area contributed by atoms with Gasteiger partial charge in [-0.1, -0.05) is 74.7 Å². The van der Waals surface area contributed by atoms with Crippen LogP contribution in [0.1, 0.15) is 205 Å². The van der Waals surface area contributed by atoms with Crippen LogP contribution in [0.25, 0.3) is 0 Å². The molecule has 4 rings (SSSR count). The van der Waals surface area contributed by atoms with Crippen molar-refractivity contribution in [3.05, 3.63) is 0 Å². The Balaban J connectivity index is 0.000000687. The maximum absolute atomic E-state index is 12.1. The van der Waals surface area contributed by atoms with Gasteiger partial charge in [-0.15, -0.1) is 0 Å². The van der Waals surface area contributed by atoms with Gasteiger partial charge in [-0.2, -0.15) is 0 Å². The molecule has 103 heavy (non-hydrogen) atoms. The van der Waals surface area contributed by atoms with E-state index in [-0.39, 0.29) is 51.4 Å². The zero-order chi connectivity index (χ0) is 78.7. The molecule has 4 aliphatic rings. The molecule has 0 bridgehead atoms. The van der Waals surface area contributed by atoms with E-state index in [1.807, 2.05) is 20.8 Å². The molecule has 0 radical (unpaired) electrons. The van der Waals surface area contributed by atoms with E-state index in [0.717, 1.165) is 0 Å². The number of aliphatic carboxylic acids is 4. The molecule has 0 spiro atoms. The van der Waals surface area contributed by atoms with Gasteiger partial charge in [-0.3, -0.25) is 38.4 Å². The van der Waals surface area contributed by atoms with Crippen molar-refractivity contribution < 1.29 is 177 Å². The molecule has 0 aliphatic carbocycles. The SMILES string of the molecule is CCC(CC(=O)O)OC(=O)CC(CC)O[C@@H]1OC(C)[C@H](O)[C@H](O)C1O.CCCC(CC(=O)O)OC(=O)CC(CC)O[C@@H]1OC(C)[C@H](O)[C@H](O)C1O.CCC[C@@H](CC(=O)O)OC(=O)C[C@@H](CC)O[C@@H]1OC(C)[C@H](O)[C@H](O)C1O.CCC[C@H](CC(=O)O)OC(=O)C[C@@H](CC)O[C@@H]1OC(C)[C@H](O)[C@H](O)C1O. The Labute approximate surface area is 599 Å². The monoisotopic (exact) mass is 1500 g/mol. The van der Waals surface area contributed by atoms with Crippen LogP contribution in [0.2, 0.25) is 0 Å². The summed E-state index contributed by atoms with van der Waals surface area (Å²) in [7, 11) is 0. The summed E-state index contributed by atoms with van der Waals surface area (Å²) >= 11 is 0. The smallest absolute Gasteiger partial charge is 0.308 e. The molecule has 602 valence electrons. The van der Waals surface area contributed by atoms with E-state index >= 15 is 0 Å². The first-order valence-corrected chi connectivity index (χ1v) is 35.3. The molecule has 36 nitrogen and oxygen atoms in total. The van der Waals surface area contributed by atoms with Gasteiger partial charge >= 0.3 is 47.8 Å². The lowest BCUT2D eigenvalue weighted by atomic mass is 10.00. The molecule has 36 heteroatoms. The van der Waals surface area contributed by atoms with Crippen molar-refractivity contribution >= 4 is 47.8 Å². The fourth-order valence-electron chi connectivity index (χ4n) is 10.7. The van der Waals surface area contributed by atoms with Crippen molar-refractivity contribution in [2.45, 2.75) is 377 Å². The van der Waals surface area contributed by atoms with Crippen LogP contribution in [0.4, 0.5) is 0 Å². The zero-order valence-corrected chi connectivity index (χ0v) is 60.9. The van der Waals surface area contributed by atoms with Crippen molar-refractivity contribution in [3.8, 4) is 0 Å². The van der Waals surface area contributed by atoms with Crippen LogP contribution in [0.15, 0.2) is 0 Å². The number of rotatable bonds is 39. The average Bonchev–Trinajstić information content (AvgIpc) is 0.841. The quantitative estimate of drug-likeness (QED) is 0.0292. The molecule has 0 aromatic carbocycles. The van der Waals surface area contributed by atoms with Gasteiger partial charge in [0.15, 0.2) is 25.2 Å². The van der Waals surface area contributed by atoms with Gasteiger partial charge in [0.25, 0.3) is 0 Å². The van der Waals surface area contributed by atoms with Gasteiger partial charge in [0.05, 0.1) is 100 Å². The van der Waals surface area contributed by atoms with Crippen molar-refractivity contribution in [2.75, 3.05) is 0 Å². The second-order valence-corrected chi connectivity index (χ2v) is 25.8. The molecule has 4 saturated heterocycles. The van der Waals surface area contributed by atoms with E-state index in [4.69, 9.17) is 77.3 Å². The third-order valence-electron chi connectivity index (χ3n) is 17.0. The number of carbonyl (C=O) groups is 8. The number of hydrogen-bond acceptors (Lipinski definition) is 32. The van der Waals surface area contributed by atoms with E-state index < -0.39 is 219 Å². The van der Waals surface area contributed by atoms with Crippen molar-refractivity contribution in [3.63, 3.8) is 0 Å². The number of carboxylic acids is 4. The second kappa shape index (κ2) is 49.8. The van der Waals surface area contributed by atoms with Crippen LogP contribution in [0.3, 0.4) is 0 Å². The fraction of sp³-hybridized carbons (Fsp3) is 0.881. The zero-order valence-electron chi connectivity index (χ0n) is 60.9. The predicted octanol–water partition coefficient (Wildman–Crippen LogP) is 0.353. The maximum Gasteiger partial charge on any atom is 0.308 e. The first-order valence-electron chi connectivity index (χ1n) is 35.3. The van der Waals surface area contributed by atoms with Crippen LogP contribution in [-0.2, 0) is 95.2 Å². The van der Waals surface area contributed by atoms with Crippen molar-refractivity contribution in [2.24, 2.45) is 0 Å². The molecule has 4 fully saturated rings. The lowest BCUT2D eigenvalue weighted by Gasteiger charge is -2.40. The van der Waals surface area contributed by atoms with Crippen LogP contribution >= 0.6 is 0 Å². The Kier molecular flexibility index (Phi) is 46.4. The maximum atomic E-state index is 12.1. The van der Waals surface area contributed by atoms with Gasteiger partial charge in [0.2, 0.25) is 0 Å². The van der Waals surface area contributed by atoms with Crippen LogP contribution in [-0.4, -0.2) is 301 Å². The molecule has 0 amide bonds. The topological polar surface area (TPSA) is 571 Å². The van der Waals surface area contributed by atoms with Gasteiger partial charge in [-0.25, -0.2) is 0 Å². The Morgan fingerprint density at radius 2 is 0.437 bits per heavy atom. The normalized spacial score (nSPS) is 31.4. The minimum atomic E-state index is -1.45. The van der Waals surface area contributed by atoms with Crippen molar-refractivity contribution in [1.29, 1.82) is 0 Å². The first-order chi connectivity index (χ1) is 48.3. The third-order valence-corrected chi connectivity index (χ3v) is 17.0. The lowest BCUT2D eigenvalue weighted by molar-refractivity contribution is -0.304. The third kappa shape index (κ3) is 35.0.